The van der Waals surface area contributed by atoms with E-state index in [0.717, 1.165) is 11.2 Å². The third kappa shape index (κ3) is 4.82. The molecule has 1 aromatic rings. The van der Waals surface area contributed by atoms with Gasteiger partial charge in [0.25, 0.3) is 0 Å². The highest BCUT2D eigenvalue weighted by molar-refractivity contribution is 6.48. The van der Waals surface area contributed by atoms with Crippen LogP contribution in [-0.2, 0) is 9.39 Å². The lowest BCUT2D eigenvalue weighted by molar-refractivity contribution is -0.482. The summed E-state index contributed by atoms with van der Waals surface area (Å²) in [6.45, 7) is 16.1. The van der Waals surface area contributed by atoms with Gasteiger partial charge in [0.2, 0.25) is 0 Å². The summed E-state index contributed by atoms with van der Waals surface area (Å²) in [6, 6.07) is 0. The van der Waals surface area contributed by atoms with Crippen LogP contribution in [0.2, 0.25) is 0 Å². The summed E-state index contributed by atoms with van der Waals surface area (Å²) in [7, 11) is 1.57. The Morgan fingerprint density at radius 2 is 1.65 bits per heavy atom. The summed E-state index contributed by atoms with van der Waals surface area (Å²) in [4.78, 5) is 12.2. The van der Waals surface area contributed by atoms with Crippen molar-refractivity contribution in [2.45, 2.75) is 79.1 Å². The van der Waals surface area contributed by atoms with E-state index in [1.54, 1.807) is 28.3 Å². The van der Waals surface area contributed by atoms with Crippen molar-refractivity contribution in [2.24, 2.45) is 0 Å². The molecule has 0 unspecified atom stereocenters. The third-order valence-electron chi connectivity index (χ3n) is 3.93. The number of carbonyl (C=O) groups is 1. The lowest BCUT2D eigenvalue weighted by Gasteiger charge is -2.37. The van der Waals surface area contributed by atoms with Gasteiger partial charge in [-0.2, -0.15) is 0 Å². The van der Waals surface area contributed by atoms with E-state index in [1.807, 2.05) is 41.5 Å². The lowest BCUT2D eigenvalue weighted by Crippen LogP contribution is -2.49. The molecule has 0 spiro atoms. The largest absolute Gasteiger partial charge is 0.468 e. The monoisotopic (exact) mass is 324 g/mol. The van der Waals surface area contributed by atoms with Crippen molar-refractivity contribution in [2.75, 3.05) is 0 Å². The van der Waals surface area contributed by atoms with Crippen LogP contribution in [0, 0.1) is 13.8 Å². The van der Waals surface area contributed by atoms with Gasteiger partial charge >= 0.3 is 13.6 Å². The Bertz CT molecular complexity index is 580. The van der Waals surface area contributed by atoms with Gasteiger partial charge in [-0.05, 0) is 55.4 Å². The molecule has 1 rings (SSSR count). The Balaban J connectivity index is 2.97. The molecule has 0 aliphatic heterocycles. The molecule has 0 aliphatic carbocycles. The zero-order chi connectivity index (χ0) is 18.2. The molecule has 7 heteroatoms. The van der Waals surface area contributed by atoms with E-state index in [4.69, 9.17) is 9.39 Å². The van der Waals surface area contributed by atoms with Crippen LogP contribution in [0.3, 0.4) is 0 Å². The molecule has 0 fully saturated rings. The van der Waals surface area contributed by atoms with E-state index in [9.17, 15) is 9.90 Å². The molecular formula is C16H29BN2O4+. The Morgan fingerprint density at radius 1 is 1.13 bits per heavy atom. The van der Waals surface area contributed by atoms with Crippen molar-refractivity contribution in [3.63, 3.8) is 0 Å². The van der Waals surface area contributed by atoms with Crippen molar-refractivity contribution < 1.29 is 24.4 Å². The van der Waals surface area contributed by atoms with Crippen LogP contribution >= 0.6 is 0 Å². The normalized spacial score (nSPS) is 13.1. The topological polar surface area (TPSA) is 74.8 Å². The number of hydrogen-bond donors (Lipinski definition) is 1. The highest BCUT2D eigenvalue weighted by Crippen LogP contribution is 2.24. The number of carbonyl (C=O) groups excluding carboxylic acids is 1. The Labute approximate surface area is 139 Å². The Morgan fingerprint density at radius 3 is 2.09 bits per heavy atom. The summed E-state index contributed by atoms with van der Waals surface area (Å²) in [5.74, 6) is 0. The fourth-order valence-electron chi connectivity index (χ4n) is 1.72. The van der Waals surface area contributed by atoms with E-state index >= 15 is 0 Å². The minimum Gasteiger partial charge on any atom is -0.440 e. The highest BCUT2D eigenvalue weighted by atomic mass is 16.6. The first kappa shape index (κ1) is 19.7. The number of nitrogens with zero attached hydrogens (tertiary/aromatic N) is 1. The second-order valence-electron chi connectivity index (χ2n) is 7.86. The van der Waals surface area contributed by atoms with Crippen molar-refractivity contribution in [3.05, 3.63) is 11.4 Å². The van der Waals surface area contributed by atoms with E-state index in [1.165, 1.54) is 4.68 Å². The van der Waals surface area contributed by atoms with Crippen LogP contribution in [0.25, 0.3) is 0 Å². The summed E-state index contributed by atoms with van der Waals surface area (Å²) in [6.07, 6.45) is -0.473. The second-order valence-corrected chi connectivity index (χ2v) is 7.86. The third-order valence-corrected chi connectivity index (χ3v) is 3.93. The summed E-state index contributed by atoms with van der Waals surface area (Å²) in [5, 5.41) is 13.1. The Hall–Kier alpha value is -1.34. The van der Waals surface area contributed by atoms with E-state index in [0.29, 0.717) is 5.69 Å². The van der Waals surface area contributed by atoms with Crippen molar-refractivity contribution >= 4 is 19.0 Å². The SMILES string of the molecule is Cc1[nH+]n(C(=O)OC(C)(C)C)c(C)c1[B]OC(C)(C)C(C)(C)O. The van der Waals surface area contributed by atoms with Crippen molar-refractivity contribution in [3.8, 4) is 0 Å². The number of aromatic amines is 1. The number of rotatable bonds is 4. The minimum atomic E-state index is -1.01. The zero-order valence-corrected chi connectivity index (χ0v) is 15.7. The van der Waals surface area contributed by atoms with Gasteiger partial charge in [-0.3, -0.25) is 0 Å². The van der Waals surface area contributed by atoms with Gasteiger partial charge in [0.1, 0.15) is 5.60 Å². The van der Waals surface area contributed by atoms with Gasteiger partial charge in [0.05, 0.1) is 16.9 Å². The molecule has 1 heterocycles. The fraction of sp³-hybridized carbons (Fsp3) is 0.750. The summed E-state index contributed by atoms with van der Waals surface area (Å²) < 4.78 is 12.5. The van der Waals surface area contributed by atoms with Gasteiger partial charge in [0, 0.05) is 12.4 Å². The van der Waals surface area contributed by atoms with Crippen LogP contribution in [0.15, 0.2) is 0 Å². The zero-order valence-electron chi connectivity index (χ0n) is 15.7. The van der Waals surface area contributed by atoms with Crippen LogP contribution in [0.1, 0.15) is 59.9 Å². The number of nitrogens with one attached hydrogen (secondary N) is 1. The standard InChI is InChI=1S/C16H28BN2O4/c1-10-12(17-23-16(8,9)15(6,7)21)11(2)19(18-10)13(20)22-14(3,4)5/h21H,1-9H3/p+1. The first-order valence-corrected chi connectivity index (χ1v) is 7.74. The first-order valence-electron chi connectivity index (χ1n) is 7.74. The molecule has 129 valence electrons. The maximum absolute atomic E-state index is 12.2. The Kier molecular flexibility index (Phi) is 5.38. The molecule has 0 aromatic carbocycles. The molecule has 0 saturated carbocycles. The minimum absolute atomic E-state index is 0.473. The number of aliphatic hydroxyl groups is 1. The molecule has 0 aliphatic rings. The molecule has 0 atom stereocenters. The van der Waals surface area contributed by atoms with Gasteiger partial charge in [0.15, 0.2) is 5.69 Å². The van der Waals surface area contributed by atoms with Crippen LogP contribution in [0.4, 0.5) is 4.79 Å². The predicted molar refractivity (Wildman–Crippen MR) is 88.9 cm³/mol. The highest BCUT2D eigenvalue weighted by Gasteiger charge is 2.37. The number of hydrogen-bond acceptors (Lipinski definition) is 4. The van der Waals surface area contributed by atoms with Crippen LogP contribution < -0.4 is 10.6 Å². The van der Waals surface area contributed by atoms with Gasteiger partial charge in [-0.25, -0.2) is 4.79 Å². The maximum Gasteiger partial charge on any atom is 0.468 e. The molecule has 0 bridgehead atoms. The number of ether oxygens (including phenoxy) is 1. The van der Waals surface area contributed by atoms with Crippen molar-refractivity contribution in [1.82, 2.24) is 4.68 Å². The number of H-pyrrole nitrogens is 1. The first-order chi connectivity index (χ1) is 10.2. The summed E-state index contributed by atoms with van der Waals surface area (Å²) in [5.41, 5.74) is -0.141. The molecule has 0 amide bonds. The van der Waals surface area contributed by atoms with Crippen molar-refractivity contribution in [1.29, 1.82) is 0 Å². The molecule has 2 N–H and O–H groups in total. The lowest BCUT2D eigenvalue weighted by atomic mass is 9.81. The molecule has 6 nitrogen and oxygen atoms in total. The quantitative estimate of drug-likeness (QED) is 0.852. The summed E-state index contributed by atoms with van der Waals surface area (Å²) >= 11 is 0. The molecular weight excluding hydrogens is 295 g/mol. The van der Waals surface area contributed by atoms with Gasteiger partial charge < -0.3 is 14.5 Å². The smallest absolute Gasteiger partial charge is 0.440 e. The van der Waals surface area contributed by atoms with E-state index in [2.05, 4.69) is 5.10 Å². The number of aryl methyl sites for hydroxylation is 1. The van der Waals surface area contributed by atoms with Crippen LogP contribution in [0.5, 0.6) is 0 Å². The maximum atomic E-state index is 12.2. The molecule has 0 saturated heterocycles. The molecule has 1 radical (unpaired) electrons. The number of aromatic nitrogens is 2. The average molecular weight is 324 g/mol. The van der Waals surface area contributed by atoms with Gasteiger partial charge in [-0.15, -0.1) is 5.10 Å². The van der Waals surface area contributed by atoms with E-state index < -0.39 is 22.9 Å². The predicted octanol–water partition coefficient (Wildman–Crippen LogP) is 1.51. The van der Waals surface area contributed by atoms with Crippen LogP contribution in [-0.4, -0.2) is 40.2 Å². The average Bonchev–Trinajstić information content (AvgIpc) is 2.59. The fourth-order valence-corrected chi connectivity index (χ4v) is 1.72. The van der Waals surface area contributed by atoms with E-state index in [-0.39, 0.29) is 0 Å². The molecule has 1 aromatic heterocycles. The second kappa shape index (κ2) is 6.28. The van der Waals surface area contributed by atoms with Gasteiger partial charge in [-0.1, -0.05) is 4.68 Å². The molecule has 23 heavy (non-hydrogen) atoms.